The van der Waals surface area contributed by atoms with Crippen molar-refractivity contribution in [2.24, 2.45) is 0 Å². The van der Waals surface area contributed by atoms with Crippen LogP contribution in [-0.2, 0) is 10.8 Å². The molecule has 0 N–H and O–H groups in total. The van der Waals surface area contributed by atoms with Gasteiger partial charge < -0.3 is 0 Å². The zero-order valence-corrected chi connectivity index (χ0v) is 10.2. The third-order valence-corrected chi connectivity index (χ3v) is 3.52. The summed E-state index contributed by atoms with van der Waals surface area (Å²) in [6.45, 7) is 2.20. The van der Waals surface area contributed by atoms with E-state index in [0.29, 0.717) is 0 Å². The molecule has 2 aliphatic carbocycles. The monoisotopic (exact) mass is 223 g/mol. The summed E-state index contributed by atoms with van der Waals surface area (Å²) >= 11 is 0. The van der Waals surface area contributed by atoms with Crippen LogP contribution in [0.25, 0.3) is 5.57 Å². The SMILES string of the molecule is C[O+]=C1C=CC2=C(C)c3ccccc3CC2=C1. The first-order chi connectivity index (χ1) is 8.29. The second-order valence-electron chi connectivity index (χ2n) is 4.48. The van der Waals surface area contributed by atoms with Gasteiger partial charge in [-0.2, -0.15) is 0 Å². The predicted octanol–water partition coefficient (Wildman–Crippen LogP) is 3.25. The minimum absolute atomic E-state index is 0.941. The Morgan fingerprint density at radius 1 is 1.12 bits per heavy atom. The van der Waals surface area contributed by atoms with Gasteiger partial charge in [-0.05, 0) is 47.3 Å². The highest BCUT2D eigenvalue weighted by Crippen LogP contribution is 2.36. The lowest BCUT2D eigenvalue weighted by Gasteiger charge is -2.23. The maximum Gasteiger partial charge on any atom is 0.343 e. The lowest BCUT2D eigenvalue weighted by atomic mass is 9.81. The molecule has 1 heteroatoms. The van der Waals surface area contributed by atoms with Crippen molar-refractivity contribution in [1.82, 2.24) is 0 Å². The first-order valence-corrected chi connectivity index (χ1v) is 5.88. The van der Waals surface area contributed by atoms with Crippen LogP contribution in [0.2, 0.25) is 0 Å². The fraction of sp³-hybridized carbons (Fsp3) is 0.188. The lowest BCUT2D eigenvalue weighted by Crippen LogP contribution is -2.11. The van der Waals surface area contributed by atoms with Gasteiger partial charge in [0, 0.05) is 12.2 Å². The summed E-state index contributed by atoms with van der Waals surface area (Å²) in [4.78, 5) is 0. The molecule has 1 aromatic carbocycles. The Kier molecular flexibility index (Phi) is 2.32. The van der Waals surface area contributed by atoms with Crippen LogP contribution in [0.3, 0.4) is 0 Å². The van der Waals surface area contributed by atoms with Crippen LogP contribution >= 0.6 is 0 Å². The van der Waals surface area contributed by atoms with Crippen molar-refractivity contribution in [3.63, 3.8) is 0 Å². The molecule has 17 heavy (non-hydrogen) atoms. The molecular formula is C16H15O+. The fourth-order valence-electron chi connectivity index (χ4n) is 2.60. The molecule has 0 heterocycles. The summed E-state index contributed by atoms with van der Waals surface area (Å²) in [6.07, 6.45) is 7.35. The third-order valence-electron chi connectivity index (χ3n) is 3.52. The van der Waals surface area contributed by atoms with Crippen LogP contribution in [0.5, 0.6) is 0 Å². The minimum Gasteiger partial charge on any atom is -0.258 e. The predicted molar refractivity (Wildman–Crippen MR) is 70.9 cm³/mol. The van der Waals surface area contributed by atoms with E-state index < -0.39 is 0 Å². The van der Waals surface area contributed by atoms with Gasteiger partial charge in [-0.3, -0.25) is 4.42 Å². The molecular weight excluding hydrogens is 208 g/mol. The fourth-order valence-corrected chi connectivity index (χ4v) is 2.60. The standard InChI is InChI=1S/C16H15O/c1-11-15-6-4-3-5-12(15)9-13-10-14(17-2)7-8-16(11)13/h3-8,10H,9H2,1-2H3/q+1. The Hall–Kier alpha value is -1.89. The Morgan fingerprint density at radius 2 is 1.94 bits per heavy atom. The average Bonchev–Trinajstić information content (AvgIpc) is 2.38. The van der Waals surface area contributed by atoms with Gasteiger partial charge in [-0.1, -0.05) is 24.3 Å². The highest BCUT2D eigenvalue weighted by atomic mass is 16.4. The third kappa shape index (κ3) is 1.59. The van der Waals surface area contributed by atoms with E-state index in [1.54, 1.807) is 7.11 Å². The van der Waals surface area contributed by atoms with E-state index in [1.165, 1.54) is 27.8 Å². The van der Waals surface area contributed by atoms with E-state index in [-0.39, 0.29) is 0 Å². The molecule has 0 spiro atoms. The topological polar surface area (TPSA) is 11.3 Å². The van der Waals surface area contributed by atoms with Gasteiger partial charge >= 0.3 is 5.78 Å². The highest BCUT2D eigenvalue weighted by Gasteiger charge is 2.22. The summed E-state index contributed by atoms with van der Waals surface area (Å²) in [5.41, 5.74) is 6.87. The normalized spacial score (nSPS) is 20.1. The molecule has 0 fully saturated rings. The van der Waals surface area contributed by atoms with Crippen molar-refractivity contribution in [3.8, 4) is 0 Å². The molecule has 0 bridgehead atoms. The molecule has 0 atom stereocenters. The van der Waals surface area contributed by atoms with Gasteiger partial charge in [0.25, 0.3) is 7.11 Å². The zero-order valence-electron chi connectivity index (χ0n) is 10.2. The maximum atomic E-state index is 5.29. The van der Waals surface area contributed by atoms with Crippen LogP contribution in [0.15, 0.2) is 53.6 Å². The van der Waals surface area contributed by atoms with E-state index in [9.17, 15) is 0 Å². The number of rotatable bonds is 0. The van der Waals surface area contributed by atoms with E-state index in [4.69, 9.17) is 4.42 Å². The van der Waals surface area contributed by atoms with Gasteiger partial charge in [0.2, 0.25) is 0 Å². The number of allylic oxidation sites excluding steroid dienone is 6. The van der Waals surface area contributed by atoms with Crippen molar-refractivity contribution < 1.29 is 4.42 Å². The summed E-state index contributed by atoms with van der Waals surface area (Å²) in [6, 6.07) is 8.63. The Labute approximate surface area is 101 Å². The molecule has 84 valence electrons. The largest absolute Gasteiger partial charge is 0.343 e. The van der Waals surface area contributed by atoms with Crippen LogP contribution < -0.4 is 0 Å². The van der Waals surface area contributed by atoms with Gasteiger partial charge in [-0.25, -0.2) is 0 Å². The first-order valence-electron chi connectivity index (χ1n) is 5.88. The van der Waals surface area contributed by atoms with Gasteiger partial charge in [-0.15, -0.1) is 0 Å². The summed E-state index contributed by atoms with van der Waals surface area (Å²) < 4.78 is 5.29. The molecule has 0 saturated heterocycles. The van der Waals surface area contributed by atoms with Crippen molar-refractivity contribution in [2.45, 2.75) is 13.3 Å². The van der Waals surface area contributed by atoms with E-state index >= 15 is 0 Å². The molecule has 3 rings (SSSR count). The van der Waals surface area contributed by atoms with Crippen LogP contribution in [0.4, 0.5) is 0 Å². The second-order valence-corrected chi connectivity index (χ2v) is 4.48. The number of fused-ring (bicyclic) bond motifs is 2. The second kappa shape index (κ2) is 3.85. The molecule has 0 radical (unpaired) electrons. The maximum absolute atomic E-state index is 5.29. The highest BCUT2D eigenvalue weighted by molar-refractivity contribution is 6.04. The number of hydrogen-bond donors (Lipinski definition) is 0. The zero-order chi connectivity index (χ0) is 11.8. The summed E-state index contributed by atoms with van der Waals surface area (Å²) in [5.74, 6) is 0.941. The molecule has 2 aliphatic rings. The number of benzene rings is 1. The van der Waals surface area contributed by atoms with Crippen molar-refractivity contribution in [1.29, 1.82) is 0 Å². The molecule has 0 aromatic heterocycles. The summed E-state index contributed by atoms with van der Waals surface area (Å²) in [7, 11) is 1.72. The minimum atomic E-state index is 0.941. The quantitative estimate of drug-likeness (QED) is 0.598. The van der Waals surface area contributed by atoms with Crippen LogP contribution in [0.1, 0.15) is 18.1 Å². The van der Waals surface area contributed by atoms with E-state index in [2.05, 4.69) is 43.3 Å². The number of ketones is 1. The molecule has 1 aromatic rings. The Balaban J connectivity index is 2.20. The first kappa shape index (κ1) is 10.3. The van der Waals surface area contributed by atoms with Crippen molar-refractivity contribution in [3.05, 3.63) is 64.8 Å². The Bertz CT molecular complexity index is 598. The Morgan fingerprint density at radius 3 is 2.76 bits per heavy atom. The van der Waals surface area contributed by atoms with E-state index in [1.807, 2.05) is 6.08 Å². The van der Waals surface area contributed by atoms with Crippen molar-refractivity contribution in [2.75, 3.05) is 7.11 Å². The van der Waals surface area contributed by atoms with Crippen molar-refractivity contribution >= 4 is 11.4 Å². The number of hydrogen-bond acceptors (Lipinski definition) is 0. The molecule has 0 unspecified atom stereocenters. The molecule has 0 saturated carbocycles. The van der Waals surface area contributed by atoms with Crippen LogP contribution in [0, 0.1) is 0 Å². The summed E-state index contributed by atoms with van der Waals surface area (Å²) in [5, 5.41) is 0. The molecule has 0 amide bonds. The van der Waals surface area contributed by atoms with Crippen LogP contribution in [-0.4, -0.2) is 12.9 Å². The lowest BCUT2D eigenvalue weighted by molar-refractivity contribution is -0.417. The molecule has 1 nitrogen and oxygen atoms in total. The smallest absolute Gasteiger partial charge is 0.258 e. The van der Waals surface area contributed by atoms with E-state index in [0.717, 1.165) is 12.2 Å². The number of carbonyl (C=O) groups excluding carboxylic acids is 1. The van der Waals surface area contributed by atoms with Gasteiger partial charge in [0.05, 0.1) is 0 Å². The van der Waals surface area contributed by atoms with Gasteiger partial charge in [0.15, 0.2) is 0 Å². The molecule has 0 aliphatic heterocycles. The average molecular weight is 223 g/mol. The van der Waals surface area contributed by atoms with Gasteiger partial charge in [0.1, 0.15) is 0 Å².